The number of hydrogen-bond donors (Lipinski definition) is 0. The van der Waals surface area contributed by atoms with Gasteiger partial charge in [-0.15, -0.1) is 4.73 Å². The number of hydrogen-bond acceptors (Lipinski definition) is 5. The smallest absolute Gasteiger partial charge is 0.355 e. The number of rotatable bonds is 3. The van der Waals surface area contributed by atoms with Gasteiger partial charge in [-0.25, -0.2) is 4.98 Å². The van der Waals surface area contributed by atoms with Crippen molar-refractivity contribution < 1.29 is 13.6 Å². The summed E-state index contributed by atoms with van der Waals surface area (Å²) in [5.74, 6) is 0.188. The van der Waals surface area contributed by atoms with Crippen molar-refractivity contribution in [1.82, 2.24) is 9.71 Å². The first-order valence-electron chi connectivity index (χ1n) is 7.82. The Morgan fingerprint density at radius 2 is 1.84 bits per heavy atom. The lowest BCUT2D eigenvalue weighted by atomic mass is 10.0. The van der Waals surface area contributed by atoms with Gasteiger partial charge in [-0.2, -0.15) is 14.0 Å². The summed E-state index contributed by atoms with van der Waals surface area (Å²) in [4.78, 5) is 22.6. The lowest BCUT2D eigenvalue weighted by molar-refractivity contribution is -0.138. The minimum absolute atomic E-state index is 0.0268. The molecule has 1 aromatic heterocycles. The van der Waals surface area contributed by atoms with Crippen molar-refractivity contribution in [2.75, 3.05) is 18.0 Å². The van der Waals surface area contributed by atoms with Crippen molar-refractivity contribution in [2.24, 2.45) is 0 Å². The van der Waals surface area contributed by atoms with E-state index in [1.54, 1.807) is 6.07 Å². The van der Waals surface area contributed by atoms with E-state index in [-0.39, 0.29) is 17.2 Å². The molecule has 0 aliphatic carbocycles. The Balaban J connectivity index is 1.98. The maximum Gasteiger partial charge on any atom is 0.405 e. The maximum absolute atomic E-state index is 12.5. The Bertz CT molecular complexity index is 862. The van der Waals surface area contributed by atoms with Crippen LogP contribution in [0.4, 0.5) is 14.6 Å². The normalized spacial score (nSPS) is 14.0. The zero-order chi connectivity index (χ0) is 18.0. The van der Waals surface area contributed by atoms with Crippen molar-refractivity contribution >= 4 is 5.82 Å². The van der Waals surface area contributed by atoms with Crippen LogP contribution in [0.1, 0.15) is 22.5 Å². The summed E-state index contributed by atoms with van der Waals surface area (Å²) in [5.41, 5.74) is 1.22. The van der Waals surface area contributed by atoms with Gasteiger partial charge in [0.1, 0.15) is 11.9 Å². The minimum atomic E-state index is -3.18. The zero-order valence-corrected chi connectivity index (χ0v) is 13.6. The first kappa shape index (κ1) is 16.9. The number of nitrogens with zero attached hydrogens (tertiary/aromatic N) is 4. The fourth-order valence-electron chi connectivity index (χ4n) is 3.01. The highest BCUT2D eigenvalue weighted by Crippen LogP contribution is 2.21. The van der Waals surface area contributed by atoms with Crippen LogP contribution in [0.3, 0.4) is 0 Å². The van der Waals surface area contributed by atoms with Crippen LogP contribution in [0.25, 0.3) is 0 Å². The molecule has 0 atom stereocenters. The molecule has 0 bridgehead atoms. The van der Waals surface area contributed by atoms with Crippen LogP contribution in [0.2, 0.25) is 0 Å². The van der Waals surface area contributed by atoms with E-state index in [4.69, 9.17) is 0 Å². The second-order valence-corrected chi connectivity index (χ2v) is 5.69. The standard InChI is InChI=1S/C17H16F2N4O2/c1-11-21-15(14(10-20)16(24)23(11)25-17(18)19)22-8-6-12-4-2-3-5-13(12)7-9-22/h2-5,17H,6-9H2,1H3. The Morgan fingerprint density at radius 1 is 1.24 bits per heavy atom. The van der Waals surface area contributed by atoms with Crippen LogP contribution in [-0.2, 0) is 12.8 Å². The Morgan fingerprint density at radius 3 is 2.36 bits per heavy atom. The van der Waals surface area contributed by atoms with Gasteiger partial charge in [0.05, 0.1) is 0 Å². The van der Waals surface area contributed by atoms with Crippen LogP contribution in [0.5, 0.6) is 0 Å². The molecule has 0 amide bonds. The summed E-state index contributed by atoms with van der Waals surface area (Å²) in [6.07, 6.45) is 1.50. The van der Waals surface area contributed by atoms with Gasteiger partial charge in [0, 0.05) is 13.1 Å². The third kappa shape index (κ3) is 3.31. The van der Waals surface area contributed by atoms with Gasteiger partial charge >= 0.3 is 12.2 Å². The second-order valence-electron chi connectivity index (χ2n) is 5.69. The summed E-state index contributed by atoms with van der Waals surface area (Å²) < 4.78 is 25.3. The van der Waals surface area contributed by atoms with Crippen LogP contribution in [0, 0.1) is 18.3 Å². The molecule has 0 N–H and O–H groups in total. The van der Waals surface area contributed by atoms with Crippen LogP contribution in [0.15, 0.2) is 29.1 Å². The Kier molecular flexibility index (Phi) is 4.65. The number of alkyl halides is 2. The third-order valence-electron chi connectivity index (χ3n) is 4.20. The number of benzene rings is 1. The zero-order valence-electron chi connectivity index (χ0n) is 13.6. The SMILES string of the molecule is Cc1nc(N2CCc3ccccc3CC2)c(C#N)c(=O)n1OC(F)F. The van der Waals surface area contributed by atoms with Crippen molar-refractivity contribution in [1.29, 1.82) is 5.26 Å². The van der Waals surface area contributed by atoms with Crippen molar-refractivity contribution in [3.8, 4) is 6.07 Å². The van der Waals surface area contributed by atoms with Gasteiger partial charge in [-0.3, -0.25) is 4.79 Å². The van der Waals surface area contributed by atoms with Crippen LogP contribution >= 0.6 is 0 Å². The number of aromatic nitrogens is 2. The fourth-order valence-corrected chi connectivity index (χ4v) is 3.01. The van der Waals surface area contributed by atoms with E-state index in [1.165, 1.54) is 18.1 Å². The van der Waals surface area contributed by atoms with E-state index in [2.05, 4.69) is 22.0 Å². The molecular weight excluding hydrogens is 330 g/mol. The summed E-state index contributed by atoms with van der Waals surface area (Å²) in [7, 11) is 0. The van der Waals surface area contributed by atoms with Crippen molar-refractivity contribution in [2.45, 2.75) is 26.4 Å². The largest absolute Gasteiger partial charge is 0.405 e. The predicted molar refractivity (Wildman–Crippen MR) is 86.6 cm³/mol. The predicted octanol–water partition coefficient (Wildman–Crippen LogP) is 1.68. The summed E-state index contributed by atoms with van der Waals surface area (Å²) in [5, 5.41) is 9.35. The van der Waals surface area contributed by atoms with E-state index >= 15 is 0 Å². The van der Waals surface area contributed by atoms with E-state index in [9.17, 15) is 18.8 Å². The summed E-state index contributed by atoms with van der Waals surface area (Å²) in [6.45, 7) is -0.626. The molecule has 0 saturated heterocycles. The molecular formula is C17H16F2N4O2. The Labute approximate surface area is 142 Å². The molecule has 2 heterocycles. The van der Waals surface area contributed by atoms with Crippen molar-refractivity contribution in [3.05, 3.63) is 57.1 Å². The number of halogens is 2. The molecule has 1 aliphatic rings. The molecule has 0 spiro atoms. The molecule has 1 aromatic carbocycles. The fraction of sp³-hybridized carbons (Fsp3) is 0.353. The first-order chi connectivity index (χ1) is 12.0. The van der Waals surface area contributed by atoms with Crippen LogP contribution < -0.4 is 15.3 Å². The van der Waals surface area contributed by atoms with Gasteiger partial charge in [-0.05, 0) is 30.9 Å². The van der Waals surface area contributed by atoms with Gasteiger partial charge in [-0.1, -0.05) is 24.3 Å². The number of aryl methyl sites for hydroxylation is 1. The van der Waals surface area contributed by atoms with Crippen molar-refractivity contribution in [3.63, 3.8) is 0 Å². The number of anilines is 1. The molecule has 0 saturated carbocycles. The van der Waals surface area contributed by atoms with Gasteiger partial charge < -0.3 is 9.74 Å². The molecule has 130 valence electrons. The maximum atomic E-state index is 12.5. The topological polar surface area (TPSA) is 71.2 Å². The quantitative estimate of drug-likeness (QED) is 0.846. The molecule has 2 aromatic rings. The van der Waals surface area contributed by atoms with E-state index in [0.29, 0.717) is 17.8 Å². The molecule has 8 heteroatoms. The Hall–Kier alpha value is -2.95. The molecule has 0 radical (unpaired) electrons. The van der Waals surface area contributed by atoms with Gasteiger partial charge in [0.2, 0.25) is 0 Å². The third-order valence-corrected chi connectivity index (χ3v) is 4.20. The second kappa shape index (κ2) is 6.89. The number of nitriles is 1. The average molecular weight is 346 g/mol. The monoisotopic (exact) mass is 346 g/mol. The molecule has 0 fully saturated rings. The summed E-state index contributed by atoms with van der Waals surface area (Å²) in [6, 6.07) is 9.83. The van der Waals surface area contributed by atoms with Gasteiger partial charge in [0.25, 0.3) is 0 Å². The highest BCUT2D eigenvalue weighted by Gasteiger charge is 2.23. The molecule has 1 aliphatic heterocycles. The lowest BCUT2D eigenvalue weighted by Crippen LogP contribution is -2.37. The molecule has 6 nitrogen and oxygen atoms in total. The molecule has 3 rings (SSSR count). The molecule has 0 unspecified atom stereocenters. The lowest BCUT2D eigenvalue weighted by Gasteiger charge is -2.23. The number of fused-ring (bicyclic) bond motifs is 1. The van der Waals surface area contributed by atoms with E-state index < -0.39 is 12.2 Å². The molecule has 25 heavy (non-hydrogen) atoms. The van der Waals surface area contributed by atoms with Gasteiger partial charge in [0.15, 0.2) is 11.4 Å². The average Bonchev–Trinajstić information content (AvgIpc) is 2.80. The first-order valence-corrected chi connectivity index (χ1v) is 7.82. The highest BCUT2D eigenvalue weighted by atomic mass is 19.3. The van der Waals surface area contributed by atoms with Crippen LogP contribution in [-0.4, -0.2) is 29.4 Å². The summed E-state index contributed by atoms with van der Waals surface area (Å²) >= 11 is 0. The van der Waals surface area contributed by atoms with E-state index in [1.807, 2.05) is 17.0 Å². The van der Waals surface area contributed by atoms with E-state index in [0.717, 1.165) is 12.8 Å². The minimum Gasteiger partial charge on any atom is -0.355 e. The highest BCUT2D eigenvalue weighted by molar-refractivity contribution is 5.53.